The maximum absolute atomic E-state index is 12.7. The molecule has 0 spiro atoms. The van der Waals surface area contributed by atoms with Crippen molar-refractivity contribution in [3.63, 3.8) is 0 Å². The van der Waals surface area contributed by atoms with Crippen LogP contribution in [-0.2, 0) is 25.3 Å². The molecule has 0 aromatic heterocycles. The fourth-order valence-electron chi connectivity index (χ4n) is 5.72. The molecule has 6 nitrogen and oxygen atoms in total. The molecule has 0 unspecified atom stereocenters. The van der Waals surface area contributed by atoms with Crippen molar-refractivity contribution in [2.45, 2.75) is 50.0 Å². The Morgan fingerprint density at radius 1 is 0.950 bits per heavy atom. The number of halogens is 1. The Morgan fingerprint density at radius 2 is 1.52 bits per heavy atom. The Labute approximate surface area is 242 Å². The molecule has 2 N–H and O–H groups in total. The SMILES string of the molecule is CCOC(=O)CC(=O)NCC(CCCN1CCC(O)(c2ccc(Cl)cc2)CC1)(c1ccccc1)c1ccccc1. The van der Waals surface area contributed by atoms with Crippen LogP contribution in [0, 0.1) is 0 Å². The highest BCUT2D eigenvalue weighted by molar-refractivity contribution is 6.30. The van der Waals surface area contributed by atoms with E-state index in [2.05, 4.69) is 34.5 Å². The van der Waals surface area contributed by atoms with Crippen LogP contribution < -0.4 is 5.32 Å². The minimum absolute atomic E-state index is 0.248. The summed E-state index contributed by atoms with van der Waals surface area (Å²) in [5, 5.41) is 15.0. The number of likely N-dealkylation sites (tertiary alicyclic amines) is 1. The van der Waals surface area contributed by atoms with E-state index in [9.17, 15) is 14.7 Å². The Morgan fingerprint density at radius 3 is 2.08 bits per heavy atom. The molecule has 7 heteroatoms. The fourth-order valence-corrected chi connectivity index (χ4v) is 5.84. The Bertz CT molecular complexity index is 1190. The van der Waals surface area contributed by atoms with E-state index in [4.69, 9.17) is 16.3 Å². The quantitative estimate of drug-likeness (QED) is 0.226. The number of carbonyl (C=O) groups is 2. The van der Waals surface area contributed by atoms with Crippen molar-refractivity contribution in [2.75, 3.05) is 32.8 Å². The number of ether oxygens (including phenoxy) is 1. The van der Waals surface area contributed by atoms with Crippen molar-refractivity contribution in [3.8, 4) is 0 Å². The number of carbonyl (C=O) groups excluding carboxylic acids is 2. The van der Waals surface area contributed by atoms with Crippen molar-refractivity contribution >= 4 is 23.5 Å². The predicted octanol–water partition coefficient (Wildman–Crippen LogP) is 5.46. The van der Waals surface area contributed by atoms with Gasteiger partial charge in [-0.25, -0.2) is 0 Å². The topological polar surface area (TPSA) is 78.9 Å². The van der Waals surface area contributed by atoms with Gasteiger partial charge in [0.05, 0.1) is 12.2 Å². The highest BCUT2D eigenvalue weighted by Gasteiger charge is 2.36. The monoisotopic (exact) mass is 562 g/mol. The average Bonchev–Trinajstić information content (AvgIpc) is 2.97. The maximum Gasteiger partial charge on any atom is 0.315 e. The van der Waals surface area contributed by atoms with Crippen LogP contribution in [0.15, 0.2) is 84.9 Å². The van der Waals surface area contributed by atoms with Crippen LogP contribution >= 0.6 is 11.6 Å². The molecular formula is C33H39ClN2O4. The molecule has 0 aliphatic carbocycles. The van der Waals surface area contributed by atoms with Gasteiger partial charge in [-0.1, -0.05) is 84.4 Å². The van der Waals surface area contributed by atoms with Gasteiger partial charge in [-0.05, 0) is 68.0 Å². The molecule has 1 aliphatic heterocycles. The van der Waals surface area contributed by atoms with Gasteiger partial charge in [-0.15, -0.1) is 0 Å². The van der Waals surface area contributed by atoms with E-state index in [0.717, 1.165) is 49.2 Å². The van der Waals surface area contributed by atoms with E-state index >= 15 is 0 Å². The van der Waals surface area contributed by atoms with Gasteiger partial charge in [-0.2, -0.15) is 0 Å². The molecule has 3 aromatic rings. The van der Waals surface area contributed by atoms with E-state index in [0.29, 0.717) is 24.4 Å². The van der Waals surface area contributed by atoms with Crippen LogP contribution in [0.4, 0.5) is 0 Å². The fraction of sp³-hybridized carbons (Fsp3) is 0.394. The van der Waals surface area contributed by atoms with Crippen LogP contribution in [0.2, 0.25) is 5.02 Å². The summed E-state index contributed by atoms with van der Waals surface area (Å²) in [7, 11) is 0. The number of esters is 1. The minimum atomic E-state index is -0.831. The molecule has 1 amide bonds. The summed E-state index contributed by atoms with van der Waals surface area (Å²) in [6, 6.07) is 28.0. The van der Waals surface area contributed by atoms with E-state index in [-0.39, 0.29) is 18.9 Å². The molecule has 1 saturated heterocycles. The maximum atomic E-state index is 12.7. The second-order valence-corrected chi connectivity index (χ2v) is 11.0. The third-order valence-corrected chi connectivity index (χ3v) is 8.24. The number of hydrogen-bond acceptors (Lipinski definition) is 5. The molecule has 0 atom stereocenters. The largest absolute Gasteiger partial charge is 0.466 e. The number of hydrogen-bond donors (Lipinski definition) is 2. The second-order valence-electron chi connectivity index (χ2n) is 10.6. The van der Waals surface area contributed by atoms with Gasteiger partial charge in [0.15, 0.2) is 0 Å². The third kappa shape index (κ3) is 7.51. The van der Waals surface area contributed by atoms with Crippen molar-refractivity contribution in [1.29, 1.82) is 0 Å². The molecule has 0 saturated carbocycles. The van der Waals surface area contributed by atoms with Crippen LogP contribution in [-0.4, -0.2) is 54.7 Å². The van der Waals surface area contributed by atoms with Gasteiger partial charge in [-0.3, -0.25) is 9.59 Å². The first kappa shape index (κ1) is 29.8. The van der Waals surface area contributed by atoms with Gasteiger partial charge in [0.2, 0.25) is 5.91 Å². The number of rotatable bonds is 12. The van der Waals surface area contributed by atoms with Gasteiger partial charge in [0.25, 0.3) is 0 Å². The third-order valence-electron chi connectivity index (χ3n) is 7.99. The summed E-state index contributed by atoms with van der Waals surface area (Å²) in [4.78, 5) is 27.0. The first-order chi connectivity index (χ1) is 19.3. The summed E-state index contributed by atoms with van der Waals surface area (Å²) in [5.41, 5.74) is 1.86. The summed E-state index contributed by atoms with van der Waals surface area (Å²) in [6.07, 6.45) is 2.75. The average molecular weight is 563 g/mol. The van der Waals surface area contributed by atoms with Crippen LogP contribution in [0.1, 0.15) is 55.7 Å². The highest BCUT2D eigenvalue weighted by atomic mass is 35.5. The van der Waals surface area contributed by atoms with Crippen molar-refractivity contribution in [1.82, 2.24) is 10.2 Å². The van der Waals surface area contributed by atoms with Gasteiger partial charge < -0.3 is 20.1 Å². The molecular weight excluding hydrogens is 524 g/mol. The Hall–Kier alpha value is -3.19. The first-order valence-corrected chi connectivity index (χ1v) is 14.5. The summed E-state index contributed by atoms with van der Waals surface area (Å²) < 4.78 is 4.96. The predicted molar refractivity (Wildman–Crippen MR) is 158 cm³/mol. The number of nitrogens with zero attached hydrogens (tertiary/aromatic N) is 1. The zero-order valence-electron chi connectivity index (χ0n) is 23.2. The lowest BCUT2D eigenvalue weighted by Crippen LogP contribution is -2.44. The van der Waals surface area contributed by atoms with E-state index in [1.807, 2.05) is 60.7 Å². The van der Waals surface area contributed by atoms with Crippen LogP contribution in [0.25, 0.3) is 0 Å². The smallest absolute Gasteiger partial charge is 0.315 e. The summed E-state index contributed by atoms with van der Waals surface area (Å²) in [6.45, 7) is 4.84. The number of nitrogens with one attached hydrogen (secondary N) is 1. The lowest BCUT2D eigenvalue weighted by molar-refractivity contribution is -0.146. The lowest BCUT2D eigenvalue weighted by Gasteiger charge is -2.40. The van der Waals surface area contributed by atoms with Crippen molar-refractivity contribution in [3.05, 3.63) is 107 Å². The van der Waals surface area contributed by atoms with Crippen LogP contribution in [0.5, 0.6) is 0 Å². The summed E-state index contributed by atoms with van der Waals surface area (Å²) >= 11 is 6.04. The molecule has 1 heterocycles. The molecule has 3 aromatic carbocycles. The molecule has 212 valence electrons. The standard InChI is InChI=1S/C33H39ClN2O4/c1-2-40-31(38)24-30(37)35-25-32(26-10-5-3-6-11-26,27-12-7-4-8-13-27)18-9-21-36-22-19-33(39,20-23-36)28-14-16-29(34)17-15-28/h3-8,10-17,39H,2,9,18-25H2,1H3,(H,35,37). The van der Waals surface area contributed by atoms with Gasteiger partial charge in [0.1, 0.15) is 6.42 Å². The number of amides is 1. The van der Waals surface area contributed by atoms with Crippen LogP contribution in [0.3, 0.4) is 0 Å². The number of benzene rings is 3. The number of piperidine rings is 1. The molecule has 0 bridgehead atoms. The molecule has 1 aliphatic rings. The summed E-state index contributed by atoms with van der Waals surface area (Å²) in [5.74, 6) is -0.860. The highest BCUT2D eigenvalue weighted by Crippen LogP contribution is 2.38. The zero-order chi connectivity index (χ0) is 28.4. The molecule has 0 radical (unpaired) electrons. The Balaban J connectivity index is 1.46. The van der Waals surface area contributed by atoms with Gasteiger partial charge >= 0.3 is 5.97 Å². The normalized spacial score (nSPS) is 15.4. The minimum Gasteiger partial charge on any atom is -0.466 e. The van der Waals surface area contributed by atoms with E-state index in [1.54, 1.807) is 6.92 Å². The molecule has 4 rings (SSSR count). The Kier molecular flexibility index (Phi) is 10.4. The molecule has 40 heavy (non-hydrogen) atoms. The van der Waals surface area contributed by atoms with Gasteiger partial charge in [0, 0.05) is 30.1 Å². The van der Waals surface area contributed by atoms with E-state index < -0.39 is 17.0 Å². The number of aliphatic hydroxyl groups is 1. The lowest BCUT2D eigenvalue weighted by atomic mass is 9.71. The van der Waals surface area contributed by atoms with Crippen molar-refractivity contribution in [2.24, 2.45) is 0 Å². The molecule has 1 fully saturated rings. The zero-order valence-corrected chi connectivity index (χ0v) is 23.9. The second kappa shape index (κ2) is 13.9. The van der Waals surface area contributed by atoms with Crippen molar-refractivity contribution < 1.29 is 19.4 Å². The van der Waals surface area contributed by atoms with E-state index in [1.165, 1.54) is 0 Å². The first-order valence-electron chi connectivity index (χ1n) is 14.1.